The topological polar surface area (TPSA) is 60.5 Å². The molecule has 0 spiro atoms. The second kappa shape index (κ2) is 8.94. The van der Waals surface area contributed by atoms with E-state index < -0.39 is 0 Å². The number of aromatic nitrogens is 1. The lowest BCUT2D eigenvalue weighted by atomic mass is 10.1. The Morgan fingerprint density at radius 3 is 2.73 bits per heavy atom. The maximum atomic E-state index is 12.7. The third-order valence-corrected chi connectivity index (χ3v) is 5.79. The van der Waals surface area contributed by atoms with E-state index in [2.05, 4.69) is 10.3 Å². The number of nitrogens with one attached hydrogen (secondary N) is 1. The normalized spacial score (nSPS) is 17.3. The van der Waals surface area contributed by atoms with Gasteiger partial charge in [0.1, 0.15) is 6.61 Å². The molecule has 0 saturated heterocycles. The van der Waals surface area contributed by atoms with Crippen molar-refractivity contribution in [3.8, 4) is 11.5 Å². The second-order valence-corrected chi connectivity index (χ2v) is 7.94. The lowest BCUT2D eigenvalue weighted by molar-refractivity contribution is -0.117. The second-order valence-electron chi connectivity index (χ2n) is 7.13. The monoisotopic (exact) mass is 442 g/mol. The molecule has 4 rings (SSSR count). The number of hydrogen-bond acceptors (Lipinski definition) is 4. The number of hydrogen-bond donors (Lipinski definition) is 1. The van der Waals surface area contributed by atoms with Gasteiger partial charge in [-0.2, -0.15) is 0 Å². The van der Waals surface area contributed by atoms with Gasteiger partial charge >= 0.3 is 0 Å². The molecule has 1 amide bonds. The largest absolute Gasteiger partial charge is 0.493 e. The van der Waals surface area contributed by atoms with Gasteiger partial charge in [-0.1, -0.05) is 35.3 Å². The molecule has 154 valence electrons. The molecule has 1 fully saturated rings. The zero-order valence-corrected chi connectivity index (χ0v) is 17.8. The number of carbonyl (C=O) groups excluding carboxylic acids is 1. The summed E-state index contributed by atoms with van der Waals surface area (Å²) in [5, 5.41) is 3.99. The first-order valence-corrected chi connectivity index (χ1v) is 10.3. The van der Waals surface area contributed by atoms with Crippen molar-refractivity contribution in [2.24, 2.45) is 5.92 Å². The number of halogens is 2. The van der Waals surface area contributed by atoms with Crippen LogP contribution < -0.4 is 14.8 Å². The van der Waals surface area contributed by atoms with Crippen LogP contribution in [0.25, 0.3) is 0 Å². The van der Waals surface area contributed by atoms with E-state index in [-0.39, 0.29) is 17.7 Å². The number of ether oxygens (including phenoxy) is 2. The first kappa shape index (κ1) is 20.5. The number of rotatable bonds is 7. The Bertz CT molecular complexity index is 1060. The highest BCUT2D eigenvalue weighted by molar-refractivity contribution is 6.42. The first-order chi connectivity index (χ1) is 14.5. The van der Waals surface area contributed by atoms with E-state index in [1.807, 2.05) is 24.3 Å². The Morgan fingerprint density at radius 2 is 2.00 bits per heavy atom. The molecule has 2 unspecified atom stereocenters. The molecule has 1 N–H and O–H groups in total. The standard InChI is InChI=1S/C23H20Cl2N2O3/c1-29-21-7-5-16(10-22(21)30-13-14-3-2-8-26-12-14)27-23(28)18-11-17(18)15-4-6-19(24)20(25)9-15/h2-10,12,17-18H,11,13H2,1H3,(H,27,28). The molecule has 1 aliphatic rings. The van der Waals surface area contributed by atoms with Gasteiger partial charge in [0, 0.05) is 35.6 Å². The first-order valence-electron chi connectivity index (χ1n) is 9.50. The molecule has 2 aromatic carbocycles. The Morgan fingerprint density at radius 1 is 1.13 bits per heavy atom. The summed E-state index contributed by atoms with van der Waals surface area (Å²) in [6.45, 7) is 0.351. The third kappa shape index (κ3) is 4.69. The average molecular weight is 443 g/mol. The minimum atomic E-state index is -0.0934. The zero-order chi connectivity index (χ0) is 21.1. The summed E-state index contributed by atoms with van der Waals surface area (Å²) in [6.07, 6.45) is 4.24. The Kier molecular flexibility index (Phi) is 6.11. The van der Waals surface area contributed by atoms with Crippen LogP contribution in [0.1, 0.15) is 23.5 Å². The van der Waals surface area contributed by atoms with Gasteiger partial charge in [-0.15, -0.1) is 0 Å². The zero-order valence-electron chi connectivity index (χ0n) is 16.3. The van der Waals surface area contributed by atoms with Gasteiger partial charge in [0.2, 0.25) is 5.91 Å². The van der Waals surface area contributed by atoms with Gasteiger partial charge < -0.3 is 14.8 Å². The van der Waals surface area contributed by atoms with Gasteiger partial charge in [0.05, 0.1) is 17.2 Å². The van der Waals surface area contributed by atoms with Gasteiger partial charge in [0.15, 0.2) is 11.5 Å². The van der Waals surface area contributed by atoms with Crippen LogP contribution in [0.3, 0.4) is 0 Å². The Labute approximate surface area is 184 Å². The predicted octanol–water partition coefficient (Wildman–Crippen LogP) is 5.72. The summed E-state index contributed by atoms with van der Waals surface area (Å²) >= 11 is 12.1. The molecule has 7 heteroatoms. The lowest BCUT2D eigenvalue weighted by Crippen LogP contribution is -2.14. The molecule has 2 atom stereocenters. The highest BCUT2D eigenvalue weighted by atomic mass is 35.5. The summed E-state index contributed by atoms with van der Waals surface area (Å²) in [7, 11) is 1.58. The van der Waals surface area contributed by atoms with Crippen molar-refractivity contribution in [1.82, 2.24) is 4.98 Å². The van der Waals surface area contributed by atoms with Crippen LogP contribution in [-0.2, 0) is 11.4 Å². The summed E-state index contributed by atoms with van der Waals surface area (Å²) in [6, 6.07) is 14.6. The van der Waals surface area contributed by atoms with Crippen molar-refractivity contribution in [3.63, 3.8) is 0 Å². The molecule has 3 aromatic rings. The van der Waals surface area contributed by atoms with Crippen LogP contribution in [0.2, 0.25) is 10.0 Å². The molecular formula is C23H20Cl2N2O3. The predicted molar refractivity (Wildman–Crippen MR) is 118 cm³/mol. The maximum Gasteiger partial charge on any atom is 0.228 e. The molecule has 0 bridgehead atoms. The van der Waals surface area contributed by atoms with E-state index in [0.717, 1.165) is 17.5 Å². The molecule has 0 aliphatic heterocycles. The summed E-state index contributed by atoms with van der Waals surface area (Å²) in [5.74, 6) is 1.17. The van der Waals surface area contributed by atoms with E-state index in [4.69, 9.17) is 32.7 Å². The quantitative estimate of drug-likeness (QED) is 0.508. The van der Waals surface area contributed by atoms with E-state index >= 15 is 0 Å². The van der Waals surface area contributed by atoms with E-state index in [0.29, 0.717) is 33.8 Å². The van der Waals surface area contributed by atoms with Crippen molar-refractivity contribution in [2.45, 2.75) is 18.9 Å². The summed E-state index contributed by atoms with van der Waals surface area (Å²) in [5.41, 5.74) is 2.62. The van der Waals surface area contributed by atoms with Crippen LogP contribution in [0.4, 0.5) is 5.69 Å². The fourth-order valence-corrected chi connectivity index (χ4v) is 3.65. The minimum absolute atomic E-state index is 0.0329. The fraction of sp³-hybridized carbons (Fsp3) is 0.217. The van der Waals surface area contributed by atoms with Crippen molar-refractivity contribution >= 4 is 34.8 Å². The molecule has 30 heavy (non-hydrogen) atoms. The highest BCUT2D eigenvalue weighted by Crippen LogP contribution is 2.49. The van der Waals surface area contributed by atoms with Crippen molar-refractivity contribution < 1.29 is 14.3 Å². The lowest BCUT2D eigenvalue weighted by Gasteiger charge is -2.13. The highest BCUT2D eigenvalue weighted by Gasteiger charge is 2.44. The van der Waals surface area contributed by atoms with Crippen LogP contribution in [-0.4, -0.2) is 18.0 Å². The Hall–Kier alpha value is -2.76. The molecular weight excluding hydrogens is 423 g/mol. The molecule has 0 radical (unpaired) electrons. The van der Waals surface area contributed by atoms with Crippen LogP contribution >= 0.6 is 23.2 Å². The smallest absolute Gasteiger partial charge is 0.228 e. The van der Waals surface area contributed by atoms with Crippen LogP contribution in [0, 0.1) is 5.92 Å². The number of anilines is 1. The van der Waals surface area contributed by atoms with E-state index in [9.17, 15) is 4.79 Å². The van der Waals surface area contributed by atoms with Crippen LogP contribution in [0.5, 0.6) is 11.5 Å². The van der Waals surface area contributed by atoms with Crippen molar-refractivity contribution in [3.05, 3.63) is 82.1 Å². The fourth-order valence-electron chi connectivity index (χ4n) is 3.34. The molecule has 1 saturated carbocycles. The van der Waals surface area contributed by atoms with Crippen molar-refractivity contribution in [2.75, 3.05) is 12.4 Å². The number of amides is 1. The molecule has 1 aromatic heterocycles. The average Bonchev–Trinajstić information content (AvgIpc) is 3.56. The van der Waals surface area contributed by atoms with E-state index in [1.54, 1.807) is 43.8 Å². The van der Waals surface area contributed by atoms with Gasteiger partial charge in [-0.25, -0.2) is 0 Å². The maximum absolute atomic E-state index is 12.7. The number of pyridine rings is 1. The number of carbonyl (C=O) groups is 1. The van der Waals surface area contributed by atoms with Gasteiger partial charge in [0.25, 0.3) is 0 Å². The van der Waals surface area contributed by atoms with E-state index in [1.165, 1.54) is 0 Å². The number of nitrogens with zero attached hydrogens (tertiary/aromatic N) is 1. The molecule has 5 nitrogen and oxygen atoms in total. The minimum Gasteiger partial charge on any atom is -0.493 e. The van der Waals surface area contributed by atoms with Crippen molar-refractivity contribution in [1.29, 1.82) is 0 Å². The number of methoxy groups -OCH3 is 1. The Balaban J connectivity index is 1.41. The van der Waals surface area contributed by atoms with Gasteiger partial charge in [-0.3, -0.25) is 9.78 Å². The van der Waals surface area contributed by atoms with Crippen LogP contribution in [0.15, 0.2) is 60.9 Å². The SMILES string of the molecule is COc1ccc(NC(=O)C2CC2c2ccc(Cl)c(Cl)c2)cc1OCc1cccnc1. The number of benzene rings is 2. The molecule has 1 heterocycles. The summed E-state index contributed by atoms with van der Waals surface area (Å²) < 4.78 is 11.3. The molecule has 1 aliphatic carbocycles. The van der Waals surface area contributed by atoms with Gasteiger partial charge in [-0.05, 0) is 48.2 Å². The third-order valence-electron chi connectivity index (χ3n) is 5.05. The summed E-state index contributed by atoms with van der Waals surface area (Å²) in [4.78, 5) is 16.8.